The average Bonchev–Trinajstić information content (AvgIpc) is 2.92. The molecule has 0 aromatic heterocycles. The summed E-state index contributed by atoms with van der Waals surface area (Å²) in [6.45, 7) is 3.20. The molecule has 1 unspecified atom stereocenters. The molecule has 12 heteroatoms. The summed E-state index contributed by atoms with van der Waals surface area (Å²) in [6.07, 6.45) is 1.78. The van der Waals surface area contributed by atoms with Gasteiger partial charge in [-0.3, -0.25) is 24.0 Å². The molecule has 0 heterocycles. The van der Waals surface area contributed by atoms with Crippen molar-refractivity contribution in [2.45, 2.75) is 39.3 Å². The molecule has 10 nitrogen and oxygen atoms in total. The number of sulfonamides is 1. The van der Waals surface area contributed by atoms with Crippen LogP contribution in [0.5, 0.6) is 0 Å². The van der Waals surface area contributed by atoms with Gasteiger partial charge in [0.2, 0.25) is 21.8 Å². The predicted molar refractivity (Wildman–Crippen MR) is 159 cm³/mol. The zero-order chi connectivity index (χ0) is 30.2. The van der Waals surface area contributed by atoms with Crippen molar-refractivity contribution in [3.05, 3.63) is 105 Å². The fraction of sp³-hybridized carbons (Fsp3) is 0.310. The van der Waals surface area contributed by atoms with E-state index in [0.29, 0.717) is 29.1 Å². The molecule has 0 aliphatic heterocycles. The molecule has 0 aliphatic carbocycles. The molecule has 3 aromatic carbocycles. The van der Waals surface area contributed by atoms with Gasteiger partial charge in [-0.05, 0) is 42.2 Å². The first-order valence-electron chi connectivity index (χ1n) is 13.0. The molecule has 3 rings (SSSR count). The molecule has 3 aromatic rings. The van der Waals surface area contributed by atoms with Crippen LogP contribution in [0.25, 0.3) is 0 Å². The van der Waals surface area contributed by atoms with E-state index in [1.807, 2.05) is 37.3 Å². The molecule has 218 valence electrons. The van der Waals surface area contributed by atoms with E-state index in [2.05, 4.69) is 5.32 Å². The van der Waals surface area contributed by atoms with Crippen LogP contribution in [0.4, 0.5) is 11.4 Å². The number of nitrogens with one attached hydrogen (secondary N) is 1. The quantitative estimate of drug-likeness (QED) is 0.227. The molecular formula is C29H33ClN4O6S. The van der Waals surface area contributed by atoms with Crippen LogP contribution in [0.15, 0.2) is 72.8 Å². The first kappa shape index (κ1) is 31.6. The number of nitrogens with zero attached hydrogens (tertiary/aromatic N) is 3. The zero-order valence-corrected chi connectivity index (χ0v) is 24.7. The minimum atomic E-state index is -4.07. The van der Waals surface area contributed by atoms with Gasteiger partial charge in [0.05, 0.1) is 16.9 Å². The van der Waals surface area contributed by atoms with Gasteiger partial charge in [-0.1, -0.05) is 67.1 Å². The van der Waals surface area contributed by atoms with Gasteiger partial charge in [0, 0.05) is 36.7 Å². The maximum Gasteiger partial charge on any atom is 0.271 e. The van der Waals surface area contributed by atoms with E-state index in [9.17, 15) is 28.1 Å². The number of hydrogen-bond donors (Lipinski definition) is 1. The third kappa shape index (κ3) is 8.76. The van der Waals surface area contributed by atoms with E-state index in [0.717, 1.165) is 22.2 Å². The lowest BCUT2D eigenvalue weighted by atomic mass is 10.0. The van der Waals surface area contributed by atoms with E-state index < -0.39 is 33.4 Å². The van der Waals surface area contributed by atoms with Gasteiger partial charge in [-0.2, -0.15) is 0 Å². The summed E-state index contributed by atoms with van der Waals surface area (Å²) >= 11 is 6.20. The summed E-state index contributed by atoms with van der Waals surface area (Å²) in [7, 11) is -4.07. The fourth-order valence-corrected chi connectivity index (χ4v) is 5.44. The van der Waals surface area contributed by atoms with Crippen molar-refractivity contribution >= 4 is 44.8 Å². The van der Waals surface area contributed by atoms with Crippen molar-refractivity contribution < 1.29 is 22.9 Å². The average molecular weight is 601 g/mol. The summed E-state index contributed by atoms with van der Waals surface area (Å²) in [5.41, 5.74) is 1.57. The highest BCUT2D eigenvalue weighted by Crippen LogP contribution is 2.28. The molecule has 0 aliphatic rings. The maximum atomic E-state index is 14.1. The van der Waals surface area contributed by atoms with E-state index in [1.54, 1.807) is 31.2 Å². The Balaban J connectivity index is 2.09. The van der Waals surface area contributed by atoms with Crippen molar-refractivity contribution in [2.24, 2.45) is 0 Å². The van der Waals surface area contributed by atoms with Crippen LogP contribution >= 0.6 is 11.6 Å². The smallest absolute Gasteiger partial charge is 0.271 e. The van der Waals surface area contributed by atoms with Crippen molar-refractivity contribution in [3.8, 4) is 0 Å². The number of non-ortho nitro benzene ring substituents is 1. The molecule has 0 fully saturated rings. The molecule has 2 amide bonds. The van der Waals surface area contributed by atoms with E-state index in [4.69, 9.17) is 11.6 Å². The van der Waals surface area contributed by atoms with Crippen molar-refractivity contribution in [3.63, 3.8) is 0 Å². The van der Waals surface area contributed by atoms with Crippen LogP contribution < -0.4 is 9.62 Å². The Bertz CT molecular complexity index is 1500. The number of amides is 2. The molecule has 0 spiro atoms. The number of carbonyl (C=O) groups is 2. The standard InChI is InChI=1S/C29H33ClN4O6S/c1-4-15-31-29(36)27(17-22-9-6-5-7-10-22)32(19-23-11-8-12-24(30)16-23)28(35)20-33(41(3,39)40)26-18-25(34(37)38)14-13-21(26)2/h5-14,16,18,27H,4,15,17,19-20H2,1-3H3,(H,31,36). The van der Waals surface area contributed by atoms with Gasteiger partial charge in [0.25, 0.3) is 5.69 Å². The molecule has 0 radical (unpaired) electrons. The van der Waals surface area contributed by atoms with Gasteiger partial charge in [0.1, 0.15) is 12.6 Å². The van der Waals surface area contributed by atoms with Crippen LogP contribution in [-0.4, -0.2) is 55.4 Å². The SMILES string of the molecule is CCCNC(=O)C(Cc1ccccc1)N(Cc1cccc(Cl)c1)C(=O)CN(c1cc([N+](=O)[O-])ccc1C)S(C)(=O)=O. The second kappa shape index (κ2) is 14.1. The van der Waals surface area contributed by atoms with Crippen LogP contribution in [-0.2, 0) is 32.6 Å². The zero-order valence-electron chi connectivity index (χ0n) is 23.1. The van der Waals surface area contributed by atoms with Crippen LogP contribution in [0.2, 0.25) is 5.02 Å². The molecule has 41 heavy (non-hydrogen) atoms. The van der Waals surface area contributed by atoms with Crippen molar-refractivity contribution in [1.29, 1.82) is 0 Å². The van der Waals surface area contributed by atoms with Crippen LogP contribution in [0, 0.1) is 17.0 Å². The number of anilines is 1. The van der Waals surface area contributed by atoms with Crippen molar-refractivity contribution in [1.82, 2.24) is 10.2 Å². The summed E-state index contributed by atoms with van der Waals surface area (Å²) in [5, 5.41) is 14.7. The molecule has 1 N–H and O–H groups in total. The molecule has 0 saturated carbocycles. The largest absolute Gasteiger partial charge is 0.354 e. The molecular weight excluding hydrogens is 568 g/mol. The van der Waals surface area contributed by atoms with Gasteiger partial charge in [-0.25, -0.2) is 8.42 Å². The third-order valence-electron chi connectivity index (χ3n) is 6.41. The van der Waals surface area contributed by atoms with Gasteiger partial charge in [-0.15, -0.1) is 0 Å². The third-order valence-corrected chi connectivity index (χ3v) is 7.78. The first-order chi connectivity index (χ1) is 19.4. The van der Waals surface area contributed by atoms with Crippen molar-refractivity contribution in [2.75, 3.05) is 23.7 Å². The highest BCUT2D eigenvalue weighted by molar-refractivity contribution is 7.92. The Kier molecular flexibility index (Phi) is 10.8. The number of halogens is 1. The second-order valence-corrected chi connectivity index (χ2v) is 12.0. The lowest BCUT2D eigenvalue weighted by Crippen LogP contribution is -2.53. The monoisotopic (exact) mass is 600 g/mol. The Labute approximate surface area is 245 Å². The number of carbonyl (C=O) groups excluding carboxylic acids is 2. The number of hydrogen-bond acceptors (Lipinski definition) is 6. The Morgan fingerprint density at radius 2 is 1.71 bits per heavy atom. The molecule has 1 atom stereocenters. The number of benzene rings is 3. The number of rotatable bonds is 13. The number of nitro benzene ring substituents is 1. The molecule has 0 saturated heterocycles. The summed E-state index contributed by atoms with van der Waals surface area (Å²) in [5.74, 6) is -1.04. The minimum Gasteiger partial charge on any atom is -0.354 e. The van der Waals surface area contributed by atoms with Gasteiger partial charge < -0.3 is 10.2 Å². The summed E-state index contributed by atoms with van der Waals surface area (Å²) < 4.78 is 26.7. The Hall–Kier alpha value is -3.96. The topological polar surface area (TPSA) is 130 Å². The fourth-order valence-electron chi connectivity index (χ4n) is 4.33. The summed E-state index contributed by atoms with van der Waals surface area (Å²) in [6, 6.07) is 18.9. The minimum absolute atomic E-state index is 0.00722. The highest BCUT2D eigenvalue weighted by atomic mass is 35.5. The normalized spacial score (nSPS) is 11.9. The maximum absolute atomic E-state index is 14.1. The van der Waals surface area contributed by atoms with Gasteiger partial charge in [0.15, 0.2) is 0 Å². The second-order valence-electron chi connectivity index (χ2n) is 9.65. The lowest BCUT2D eigenvalue weighted by molar-refractivity contribution is -0.384. The van der Waals surface area contributed by atoms with Crippen LogP contribution in [0.1, 0.15) is 30.0 Å². The number of nitro groups is 1. The molecule has 0 bridgehead atoms. The lowest BCUT2D eigenvalue weighted by Gasteiger charge is -2.33. The number of aryl methyl sites for hydroxylation is 1. The highest BCUT2D eigenvalue weighted by Gasteiger charge is 2.33. The van der Waals surface area contributed by atoms with E-state index in [1.165, 1.54) is 17.0 Å². The van der Waals surface area contributed by atoms with E-state index in [-0.39, 0.29) is 30.2 Å². The Morgan fingerprint density at radius 3 is 2.32 bits per heavy atom. The van der Waals surface area contributed by atoms with Gasteiger partial charge >= 0.3 is 0 Å². The predicted octanol–water partition coefficient (Wildman–Crippen LogP) is 4.49. The first-order valence-corrected chi connectivity index (χ1v) is 15.2. The van der Waals surface area contributed by atoms with E-state index >= 15 is 0 Å². The Morgan fingerprint density at radius 1 is 1.02 bits per heavy atom. The summed E-state index contributed by atoms with van der Waals surface area (Å²) in [4.78, 5) is 39.7. The van der Waals surface area contributed by atoms with Crippen LogP contribution in [0.3, 0.4) is 0 Å².